The number of hydrogen-bond donors (Lipinski definition) is 0. The maximum Gasteiger partial charge on any atom is -0.0149 e. The van der Waals surface area contributed by atoms with Crippen LogP contribution in [0.2, 0.25) is 0 Å². The van der Waals surface area contributed by atoms with Crippen molar-refractivity contribution < 1.29 is 0 Å². The van der Waals surface area contributed by atoms with Crippen LogP contribution in [0.15, 0.2) is 127 Å². The Labute approximate surface area is 194 Å². The molecular formula is C33H24. The van der Waals surface area contributed by atoms with Gasteiger partial charge in [0.2, 0.25) is 0 Å². The largest absolute Gasteiger partial charge is 0.0616 e. The van der Waals surface area contributed by atoms with Crippen molar-refractivity contribution in [3.63, 3.8) is 0 Å². The van der Waals surface area contributed by atoms with E-state index in [0.717, 1.165) is 0 Å². The molecule has 0 spiro atoms. The molecule has 0 saturated carbocycles. The summed E-state index contributed by atoms with van der Waals surface area (Å²) in [7, 11) is 0. The Kier molecular flexibility index (Phi) is 4.78. The van der Waals surface area contributed by atoms with Crippen molar-refractivity contribution in [2.75, 3.05) is 0 Å². The highest BCUT2D eigenvalue weighted by Crippen LogP contribution is 2.33. The van der Waals surface area contributed by atoms with Gasteiger partial charge in [-0.05, 0) is 85.6 Å². The maximum absolute atomic E-state index is 2.32. The highest BCUT2D eigenvalue weighted by molar-refractivity contribution is 5.89. The predicted octanol–water partition coefficient (Wildman–Crippen LogP) is 9.30. The summed E-state index contributed by atoms with van der Waals surface area (Å²) in [6, 6.07) is 46.2. The van der Waals surface area contributed by atoms with Crippen molar-refractivity contribution in [2.24, 2.45) is 0 Å². The third-order valence-corrected chi connectivity index (χ3v) is 6.60. The third-order valence-electron chi connectivity index (χ3n) is 6.60. The molecule has 0 nitrogen and oxygen atoms in total. The molecule has 0 fully saturated rings. The van der Waals surface area contributed by atoms with Gasteiger partial charge in [0.05, 0.1) is 0 Å². The number of fused-ring (bicyclic) bond motifs is 2. The number of aryl methyl sites for hydroxylation is 1. The minimum atomic E-state index is 1.24. The molecule has 0 N–H and O–H groups in total. The van der Waals surface area contributed by atoms with Crippen LogP contribution in [0.5, 0.6) is 0 Å². The highest BCUT2D eigenvalue weighted by Gasteiger charge is 2.07. The lowest BCUT2D eigenvalue weighted by Crippen LogP contribution is -1.87. The molecule has 156 valence electrons. The summed E-state index contributed by atoms with van der Waals surface area (Å²) in [4.78, 5) is 0. The molecule has 0 saturated heterocycles. The number of benzene rings is 6. The lowest BCUT2D eigenvalue weighted by Gasteiger charge is -2.12. The standard InChI is InChI=1S/C33H24/c1-23-10-11-32(31-19-15-25-7-3-5-9-29(25)21-31)22-33(23)27-16-12-26(13-17-27)30-18-14-24-6-2-4-8-28(24)20-30/h2-22H,1H3. The lowest BCUT2D eigenvalue weighted by molar-refractivity contribution is 1.45. The van der Waals surface area contributed by atoms with Crippen LogP contribution in [0, 0.1) is 6.92 Å². The van der Waals surface area contributed by atoms with Crippen LogP contribution in [-0.4, -0.2) is 0 Å². The zero-order valence-corrected chi connectivity index (χ0v) is 18.6. The van der Waals surface area contributed by atoms with Crippen molar-refractivity contribution in [2.45, 2.75) is 6.92 Å². The normalized spacial score (nSPS) is 11.2. The molecular weight excluding hydrogens is 396 g/mol. The van der Waals surface area contributed by atoms with Crippen LogP contribution in [0.1, 0.15) is 5.56 Å². The molecule has 6 aromatic carbocycles. The van der Waals surface area contributed by atoms with E-state index in [-0.39, 0.29) is 0 Å². The zero-order valence-electron chi connectivity index (χ0n) is 18.6. The van der Waals surface area contributed by atoms with E-state index in [1.165, 1.54) is 60.5 Å². The van der Waals surface area contributed by atoms with Gasteiger partial charge in [0.15, 0.2) is 0 Å². The van der Waals surface area contributed by atoms with Crippen LogP contribution < -0.4 is 0 Å². The van der Waals surface area contributed by atoms with Crippen LogP contribution in [0.4, 0.5) is 0 Å². The van der Waals surface area contributed by atoms with Gasteiger partial charge in [0.1, 0.15) is 0 Å². The summed E-state index contributed by atoms with van der Waals surface area (Å²) < 4.78 is 0. The van der Waals surface area contributed by atoms with E-state index in [4.69, 9.17) is 0 Å². The van der Waals surface area contributed by atoms with Gasteiger partial charge in [-0.1, -0.05) is 109 Å². The first-order valence-electron chi connectivity index (χ1n) is 11.4. The highest BCUT2D eigenvalue weighted by atomic mass is 14.1. The average molecular weight is 421 g/mol. The average Bonchev–Trinajstić information content (AvgIpc) is 2.88. The quantitative estimate of drug-likeness (QED) is 0.267. The third kappa shape index (κ3) is 3.70. The Morgan fingerprint density at radius 1 is 0.333 bits per heavy atom. The predicted molar refractivity (Wildman–Crippen MR) is 142 cm³/mol. The molecule has 6 aromatic rings. The molecule has 0 unspecified atom stereocenters. The van der Waals surface area contributed by atoms with Gasteiger partial charge in [-0.3, -0.25) is 0 Å². The van der Waals surface area contributed by atoms with Crippen LogP contribution >= 0.6 is 0 Å². The van der Waals surface area contributed by atoms with Crippen molar-refractivity contribution in [3.8, 4) is 33.4 Å². The fourth-order valence-electron chi connectivity index (χ4n) is 4.69. The molecule has 0 amide bonds. The Morgan fingerprint density at radius 2 is 0.758 bits per heavy atom. The summed E-state index contributed by atoms with van der Waals surface area (Å²) in [6.07, 6.45) is 0. The summed E-state index contributed by atoms with van der Waals surface area (Å²) in [5.41, 5.74) is 8.82. The van der Waals surface area contributed by atoms with E-state index in [1.54, 1.807) is 0 Å². The van der Waals surface area contributed by atoms with E-state index in [9.17, 15) is 0 Å². The van der Waals surface area contributed by atoms with Crippen molar-refractivity contribution in [1.82, 2.24) is 0 Å². The molecule has 0 aliphatic carbocycles. The fraction of sp³-hybridized carbons (Fsp3) is 0.0303. The Hall–Kier alpha value is -4.16. The topological polar surface area (TPSA) is 0 Å². The van der Waals surface area contributed by atoms with Gasteiger partial charge in [-0.15, -0.1) is 0 Å². The van der Waals surface area contributed by atoms with Gasteiger partial charge >= 0.3 is 0 Å². The van der Waals surface area contributed by atoms with Crippen molar-refractivity contribution in [1.29, 1.82) is 0 Å². The second-order valence-corrected chi connectivity index (χ2v) is 8.73. The maximum atomic E-state index is 2.32. The minimum absolute atomic E-state index is 1.24. The van der Waals surface area contributed by atoms with E-state index in [2.05, 4.69) is 134 Å². The molecule has 0 heterocycles. The summed E-state index contributed by atoms with van der Waals surface area (Å²) >= 11 is 0. The van der Waals surface area contributed by atoms with E-state index in [1.807, 2.05) is 0 Å². The molecule has 0 radical (unpaired) electrons. The second-order valence-electron chi connectivity index (χ2n) is 8.73. The molecule has 33 heavy (non-hydrogen) atoms. The van der Waals surface area contributed by atoms with E-state index < -0.39 is 0 Å². The first kappa shape index (κ1) is 19.5. The van der Waals surface area contributed by atoms with Gasteiger partial charge in [0.25, 0.3) is 0 Å². The number of hydrogen-bond acceptors (Lipinski definition) is 0. The first-order valence-corrected chi connectivity index (χ1v) is 11.4. The Morgan fingerprint density at radius 3 is 1.36 bits per heavy atom. The Balaban J connectivity index is 1.36. The second kappa shape index (κ2) is 8.07. The summed E-state index contributed by atoms with van der Waals surface area (Å²) in [5.74, 6) is 0. The van der Waals surface area contributed by atoms with E-state index >= 15 is 0 Å². The SMILES string of the molecule is Cc1ccc(-c2ccc3ccccc3c2)cc1-c1ccc(-c2ccc3ccccc3c2)cc1. The molecule has 0 bridgehead atoms. The number of rotatable bonds is 3. The molecule has 0 atom stereocenters. The summed E-state index contributed by atoms with van der Waals surface area (Å²) in [6.45, 7) is 2.19. The molecule has 0 heteroatoms. The Bertz CT molecular complexity index is 1600. The molecule has 0 aliphatic heterocycles. The van der Waals surface area contributed by atoms with Gasteiger partial charge < -0.3 is 0 Å². The molecule has 6 rings (SSSR count). The summed E-state index contributed by atoms with van der Waals surface area (Å²) in [5, 5.41) is 5.10. The smallest absolute Gasteiger partial charge is 0.0149 e. The monoisotopic (exact) mass is 420 g/mol. The van der Waals surface area contributed by atoms with Crippen molar-refractivity contribution in [3.05, 3.63) is 133 Å². The lowest BCUT2D eigenvalue weighted by atomic mass is 9.93. The van der Waals surface area contributed by atoms with Gasteiger partial charge in [-0.2, -0.15) is 0 Å². The van der Waals surface area contributed by atoms with Crippen molar-refractivity contribution >= 4 is 21.5 Å². The molecule has 0 aliphatic rings. The minimum Gasteiger partial charge on any atom is -0.0616 e. The van der Waals surface area contributed by atoms with Crippen LogP contribution in [0.25, 0.3) is 54.9 Å². The fourth-order valence-corrected chi connectivity index (χ4v) is 4.69. The van der Waals surface area contributed by atoms with Crippen LogP contribution in [-0.2, 0) is 0 Å². The van der Waals surface area contributed by atoms with Gasteiger partial charge in [0, 0.05) is 0 Å². The van der Waals surface area contributed by atoms with E-state index in [0.29, 0.717) is 0 Å². The van der Waals surface area contributed by atoms with Crippen LogP contribution in [0.3, 0.4) is 0 Å². The molecule has 0 aromatic heterocycles. The van der Waals surface area contributed by atoms with Gasteiger partial charge in [-0.25, -0.2) is 0 Å². The first-order chi connectivity index (χ1) is 16.2. The zero-order chi connectivity index (χ0) is 22.2.